The number of aromatic nitrogens is 2. The van der Waals surface area contributed by atoms with E-state index in [2.05, 4.69) is 25.5 Å². The Labute approximate surface area is 156 Å². The highest BCUT2D eigenvalue weighted by Crippen LogP contribution is 2.27. The molecule has 0 spiro atoms. The van der Waals surface area contributed by atoms with Crippen LogP contribution >= 0.6 is 0 Å². The zero-order valence-electron chi connectivity index (χ0n) is 15.2. The highest BCUT2D eigenvalue weighted by molar-refractivity contribution is 6.06. The Balaban J connectivity index is 1.68. The molecular formula is C18H22FN7O. The number of halogens is 1. The van der Waals surface area contributed by atoms with Gasteiger partial charge < -0.3 is 9.67 Å². The third-order valence-electron chi connectivity index (χ3n) is 4.86. The van der Waals surface area contributed by atoms with Crippen LogP contribution in [-0.2, 0) is 6.54 Å². The zero-order chi connectivity index (χ0) is 19.0. The number of aliphatic imine (C=N–C) groups is 2. The van der Waals surface area contributed by atoms with Gasteiger partial charge in [0, 0.05) is 24.4 Å². The van der Waals surface area contributed by atoms with Crippen LogP contribution in [0.1, 0.15) is 32.5 Å². The predicted molar refractivity (Wildman–Crippen MR) is 101 cm³/mol. The Morgan fingerprint density at radius 1 is 1.44 bits per heavy atom. The summed E-state index contributed by atoms with van der Waals surface area (Å²) in [5, 5.41) is 14.9. The van der Waals surface area contributed by atoms with Gasteiger partial charge in [0.05, 0.1) is 24.7 Å². The van der Waals surface area contributed by atoms with Crippen LogP contribution in [0.3, 0.4) is 0 Å². The van der Waals surface area contributed by atoms with E-state index in [0.29, 0.717) is 24.5 Å². The second kappa shape index (κ2) is 7.07. The summed E-state index contributed by atoms with van der Waals surface area (Å²) in [6, 6.07) is 0. The van der Waals surface area contributed by atoms with Crippen LogP contribution in [0.4, 0.5) is 4.39 Å². The van der Waals surface area contributed by atoms with Crippen LogP contribution in [0.5, 0.6) is 0 Å². The van der Waals surface area contributed by atoms with Crippen molar-refractivity contribution < 1.29 is 9.50 Å². The van der Waals surface area contributed by atoms with Crippen molar-refractivity contribution in [3.05, 3.63) is 41.6 Å². The molecule has 3 aliphatic rings. The summed E-state index contributed by atoms with van der Waals surface area (Å²) < 4.78 is 15.5. The molecule has 0 aromatic carbocycles. The fraction of sp³-hybridized carbons (Fsp3) is 0.444. The lowest BCUT2D eigenvalue weighted by Crippen LogP contribution is -2.45. The van der Waals surface area contributed by atoms with Crippen molar-refractivity contribution in [3.63, 3.8) is 0 Å². The molecule has 142 valence electrons. The number of aliphatic hydroxyl groups is 1. The average molecular weight is 371 g/mol. The summed E-state index contributed by atoms with van der Waals surface area (Å²) in [6.45, 7) is 4.20. The molecule has 3 atom stereocenters. The number of imidazole rings is 1. The molecule has 0 amide bonds. The van der Waals surface area contributed by atoms with E-state index in [1.807, 2.05) is 29.5 Å². The van der Waals surface area contributed by atoms with Crippen molar-refractivity contribution in [2.45, 2.75) is 51.8 Å². The number of fused-ring (bicyclic) bond motifs is 1. The van der Waals surface area contributed by atoms with Gasteiger partial charge >= 0.3 is 0 Å². The topological polar surface area (TPSA) is 90.4 Å². The number of aliphatic hydroxyl groups excluding tert-OH is 1. The smallest absolute Gasteiger partial charge is 0.194 e. The lowest BCUT2D eigenvalue weighted by molar-refractivity contribution is 0.184. The van der Waals surface area contributed by atoms with Gasteiger partial charge in [-0.2, -0.15) is 5.10 Å². The first-order valence-corrected chi connectivity index (χ1v) is 9.01. The minimum absolute atomic E-state index is 0.249. The van der Waals surface area contributed by atoms with Gasteiger partial charge in [-0.25, -0.2) is 19.4 Å². The summed E-state index contributed by atoms with van der Waals surface area (Å²) in [4.78, 5) is 14.9. The number of hydrogen-bond donors (Lipinski definition) is 2. The van der Waals surface area contributed by atoms with Crippen molar-refractivity contribution >= 4 is 17.9 Å². The van der Waals surface area contributed by atoms with Crippen LogP contribution in [0.25, 0.3) is 0 Å². The van der Waals surface area contributed by atoms with Gasteiger partial charge in [-0.05, 0) is 19.4 Å². The molecular weight excluding hydrogens is 349 g/mol. The molecule has 8 nitrogen and oxygen atoms in total. The lowest BCUT2D eigenvalue weighted by atomic mass is 10.00. The summed E-state index contributed by atoms with van der Waals surface area (Å²) >= 11 is 0. The van der Waals surface area contributed by atoms with Gasteiger partial charge in [-0.15, -0.1) is 0 Å². The van der Waals surface area contributed by atoms with Gasteiger partial charge in [0.1, 0.15) is 17.7 Å². The molecule has 9 heteroatoms. The predicted octanol–water partition coefficient (Wildman–Crippen LogP) is 1.56. The maximum atomic E-state index is 13.6. The number of dihydropyridines is 1. The van der Waals surface area contributed by atoms with Gasteiger partial charge in [0.25, 0.3) is 0 Å². The number of allylic oxidation sites excluding steroid dienone is 2. The van der Waals surface area contributed by atoms with E-state index in [9.17, 15) is 9.50 Å². The molecule has 0 bridgehead atoms. The molecule has 2 N–H and O–H groups in total. The van der Waals surface area contributed by atoms with Crippen molar-refractivity contribution in [1.29, 1.82) is 0 Å². The van der Waals surface area contributed by atoms with E-state index >= 15 is 0 Å². The Morgan fingerprint density at radius 2 is 2.30 bits per heavy atom. The Morgan fingerprint density at radius 3 is 3.07 bits per heavy atom. The molecule has 4 heterocycles. The fourth-order valence-electron chi connectivity index (χ4n) is 3.42. The molecule has 3 aliphatic heterocycles. The molecule has 0 fully saturated rings. The second-order valence-electron chi connectivity index (χ2n) is 6.63. The van der Waals surface area contributed by atoms with E-state index in [1.165, 1.54) is 0 Å². The molecule has 0 aliphatic carbocycles. The molecule has 3 unspecified atom stereocenters. The van der Waals surface area contributed by atoms with E-state index in [0.717, 1.165) is 17.1 Å². The maximum Gasteiger partial charge on any atom is 0.194 e. The lowest BCUT2D eigenvalue weighted by Gasteiger charge is -2.31. The van der Waals surface area contributed by atoms with Crippen molar-refractivity contribution in [2.24, 2.45) is 15.1 Å². The van der Waals surface area contributed by atoms with Crippen molar-refractivity contribution in [2.75, 3.05) is 0 Å². The van der Waals surface area contributed by atoms with Crippen LogP contribution in [-0.4, -0.2) is 56.0 Å². The highest BCUT2D eigenvalue weighted by Gasteiger charge is 2.35. The van der Waals surface area contributed by atoms with Crippen molar-refractivity contribution in [3.8, 4) is 0 Å². The SMILES string of the molecule is CCC(O)C1=C(Cn2ccnc2C2=NC(F)CC=C2)N=CN2C(C)=NNC12. The fourth-order valence-corrected chi connectivity index (χ4v) is 3.42. The van der Waals surface area contributed by atoms with E-state index < -0.39 is 12.4 Å². The minimum atomic E-state index is -1.24. The summed E-state index contributed by atoms with van der Waals surface area (Å²) in [6.07, 6.45) is 7.45. The number of hydrazone groups is 1. The van der Waals surface area contributed by atoms with Crippen LogP contribution in [0.15, 0.2) is 50.9 Å². The number of alkyl halides is 1. The van der Waals surface area contributed by atoms with E-state index in [4.69, 9.17) is 0 Å². The first-order valence-electron chi connectivity index (χ1n) is 9.01. The zero-order valence-corrected chi connectivity index (χ0v) is 15.2. The van der Waals surface area contributed by atoms with Crippen LogP contribution in [0.2, 0.25) is 0 Å². The van der Waals surface area contributed by atoms with Crippen LogP contribution in [0, 0.1) is 0 Å². The normalized spacial score (nSPS) is 25.3. The third kappa shape index (κ3) is 3.18. The maximum absolute atomic E-state index is 13.6. The summed E-state index contributed by atoms with van der Waals surface area (Å²) in [7, 11) is 0. The van der Waals surface area contributed by atoms with E-state index in [1.54, 1.807) is 24.7 Å². The van der Waals surface area contributed by atoms with Gasteiger partial charge in [0.15, 0.2) is 12.1 Å². The molecule has 0 radical (unpaired) electrons. The average Bonchev–Trinajstić information content (AvgIpc) is 3.28. The third-order valence-corrected chi connectivity index (χ3v) is 4.86. The monoisotopic (exact) mass is 371 g/mol. The number of amidine groups is 1. The molecule has 27 heavy (non-hydrogen) atoms. The van der Waals surface area contributed by atoms with E-state index in [-0.39, 0.29) is 12.6 Å². The number of nitrogens with one attached hydrogen (secondary N) is 1. The Kier molecular flexibility index (Phi) is 4.61. The number of rotatable bonds is 5. The van der Waals surface area contributed by atoms with Gasteiger partial charge in [0.2, 0.25) is 0 Å². The van der Waals surface area contributed by atoms with Crippen molar-refractivity contribution in [1.82, 2.24) is 19.9 Å². The van der Waals surface area contributed by atoms with Gasteiger partial charge in [-0.1, -0.05) is 13.0 Å². The highest BCUT2D eigenvalue weighted by atomic mass is 19.1. The Hall–Kier alpha value is -2.81. The van der Waals surface area contributed by atoms with Gasteiger partial charge in [-0.3, -0.25) is 10.3 Å². The minimum Gasteiger partial charge on any atom is -0.389 e. The molecule has 4 rings (SSSR count). The number of nitrogens with zero attached hydrogens (tertiary/aromatic N) is 6. The molecule has 0 saturated carbocycles. The first kappa shape index (κ1) is 17.6. The van der Waals surface area contributed by atoms with Crippen LogP contribution < -0.4 is 5.43 Å². The quantitative estimate of drug-likeness (QED) is 0.769. The summed E-state index contributed by atoms with van der Waals surface area (Å²) in [5.74, 6) is 1.37. The second-order valence-corrected chi connectivity index (χ2v) is 6.63. The summed E-state index contributed by atoms with van der Waals surface area (Å²) in [5.41, 5.74) is 5.09. The number of hydrogen-bond acceptors (Lipinski definition) is 7. The first-order chi connectivity index (χ1) is 13.1. The molecule has 1 aromatic rings. The molecule has 0 saturated heterocycles. The largest absolute Gasteiger partial charge is 0.389 e. The standard InChI is InChI=1S/C18H22FN7O/c1-3-14(27)16-13(21-10-26-11(2)23-24-18(16)26)9-25-8-7-20-17(25)12-5-4-6-15(19)22-12/h4-5,7-8,10,14-15,18,24,27H,3,6,9H2,1-2H3. The molecule has 1 aromatic heterocycles. The Bertz CT molecular complexity index is 882.